The second-order valence-electron chi connectivity index (χ2n) is 1.27. The first-order chi connectivity index (χ1) is 4.12. The van der Waals surface area contributed by atoms with Crippen molar-refractivity contribution in [1.82, 2.24) is 6.15 Å². The Morgan fingerprint density at radius 3 is 1.80 bits per heavy atom. The van der Waals surface area contributed by atoms with Gasteiger partial charge in [-0.05, 0) is 13.8 Å². The van der Waals surface area contributed by atoms with Crippen LogP contribution in [0.25, 0.3) is 0 Å². The third-order valence-electron chi connectivity index (χ3n) is 0.567. The van der Waals surface area contributed by atoms with Crippen molar-refractivity contribution in [3.63, 3.8) is 0 Å². The van der Waals surface area contributed by atoms with Gasteiger partial charge in [0.1, 0.15) is 0 Å². The van der Waals surface area contributed by atoms with Crippen LogP contribution in [0.1, 0.15) is 13.8 Å². The maximum atomic E-state index is 10.7. The topological polar surface area (TPSA) is 70.5 Å². The summed E-state index contributed by atoms with van der Waals surface area (Å²) in [7, 11) is 0. The molecular formula is C4H13ClNO3P. The molecule has 0 bridgehead atoms. The van der Waals surface area contributed by atoms with E-state index in [2.05, 4.69) is 9.05 Å². The molecule has 0 heterocycles. The number of rotatable bonds is 4. The third kappa shape index (κ3) is 6.52. The summed E-state index contributed by atoms with van der Waals surface area (Å²) in [6, 6.07) is 0. The Morgan fingerprint density at radius 2 is 1.60 bits per heavy atom. The molecule has 64 valence electrons. The highest BCUT2D eigenvalue weighted by Crippen LogP contribution is 2.53. The van der Waals surface area contributed by atoms with Crippen LogP contribution in [-0.2, 0) is 13.6 Å². The first-order valence-electron chi connectivity index (χ1n) is 2.71. The van der Waals surface area contributed by atoms with Crippen molar-refractivity contribution < 1.29 is 13.6 Å². The van der Waals surface area contributed by atoms with Crippen molar-refractivity contribution in [3.05, 3.63) is 0 Å². The molecule has 0 atom stereocenters. The van der Waals surface area contributed by atoms with Gasteiger partial charge in [-0.1, -0.05) is 0 Å². The van der Waals surface area contributed by atoms with Gasteiger partial charge in [0, 0.05) is 11.2 Å². The molecule has 0 aliphatic carbocycles. The quantitative estimate of drug-likeness (QED) is 0.690. The summed E-state index contributed by atoms with van der Waals surface area (Å²) in [4.78, 5) is 0. The predicted molar refractivity (Wildman–Crippen MR) is 41.7 cm³/mol. The normalized spacial score (nSPS) is 10.7. The van der Waals surface area contributed by atoms with Gasteiger partial charge in [-0.2, -0.15) is 0 Å². The molecule has 3 N–H and O–H groups in total. The minimum absolute atomic E-state index is 0. The van der Waals surface area contributed by atoms with E-state index in [1.54, 1.807) is 13.8 Å². The van der Waals surface area contributed by atoms with E-state index in [1.807, 2.05) is 0 Å². The molecule has 10 heavy (non-hydrogen) atoms. The van der Waals surface area contributed by atoms with Crippen LogP contribution in [0.3, 0.4) is 0 Å². The Morgan fingerprint density at radius 1 is 1.30 bits per heavy atom. The second kappa shape index (κ2) is 6.13. The molecule has 0 amide bonds. The molecule has 4 nitrogen and oxygen atoms in total. The Kier molecular flexibility index (Phi) is 7.99. The molecule has 0 spiro atoms. The van der Waals surface area contributed by atoms with Crippen molar-refractivity contribution in [1.29, 1.82) is 0 Å². The number of hydrogen-bond acceptors (Lipinski definition) is 4. The predicted octanol–water partition coefficient (Wildman–Crippen LogP) is 2.57. The summed E-state index contributed by atoms with van der Waals surface area (Å²) in [6.07, 6.45) is 0. The fourth-order valence-electron chi connectivity index (χ4n) is 0.346. The molecule has 0 aliphatic heterocycles. The first kappa shape index (κ1) is 13.0. The van der Waals surface area contributed by atoms with Crippen LogP contribution in [0.5, 0.6) is 0 Å². The Hall–Kier alpha value is 0.400. The SMILES string of the molecule is CCOP(=O)(Cl)OCC.N. The molecule has 0 saturated carbocycles. The van der Waals surface area contributed by atoms with Gasteiger partial charge in [-0.15, -0.1) is 0 Å². The average molecular weight is 190 g/mol. The monoisotopic (exact) mass is 189 g/mol. The molecule has 0 saturated heterocycles. The van der Waals surface area contributed by atoms with Crippen molar-refractivity contribution in [2.75, 3.05) is 13.2 Å². The van der Waals surface area contributed by atoms with Crippen LogP contribution in [0, 0.1) is 0 Å². The molecular weight excluding hydrogens is 176 g/mol. The van der Waals surface area contributed by atoms with Crippen LogP contribution < -0.4 is 6.15 Å². The van der Waals surface area contributed by atoms with E-state index >= 15 is 0 Å². The average Bonchev–Trinajstić information content (AvgIpc) is 1.64. The molecule has 6 heteroatoms. The summed E-state index contributed by atoms with van der Waals surface area (Å²) in [5.41, 5.74) is 0. The number of hydrogen-bond donors (Lipinski definition) is 1. The van der Waals surface area contributed by atoms with Gasteiger partial charge >= 0.3 is 6.95 Å². The van der Waals surface area contributed by atoms with Gasteiger partial charge in [0.2, 0.25) is 0 Å². The number of halogens is 1. The first-order valence-corrected chi connectivity index (χ1v) is 5.16. The molecule has 0 aromatic heterocycles. The van der Waals surface area contributed by atoms with E-state index < -0.39 is 6.95 Å². The molecule has 0 radical (unpaired) electrons. The van der Waals surface area contributed by atoms with Crippen LogP contribution >= 0.6 is 18.2 Å². The molecule has 0 fully saturated rings. The van der Waals surface area contributed by atoms with Gasteiger partial charge in [-0.3, -0.25) is 9.05 Å². The van der Waals surface area contributed by atoms with Crippen molar-refractivity contribution >= 4 is 18.2 Å². The van der Waals surface area contributed by atoms with E-state index in [9.17, 15) is 4.57 Å². The summed E-state index contributed by atoms with van der Waals surface area (Å²) in [6.45, 7) is 0.797. The molecule has 0 unspecified atom stereocenters. The summed E-state index contributed by atoms with van der Waals surface area (Å²) < 4.78 is 19.9. The third-order valence-corrected chi connectivity index (χ3v) is 2.29. The highest BCUT2D eigenvalue weighted by Gasteiger charge is 2.17. The Labute approximate surface area is 65.8 Å². The minimum Gasteiger partial charge on any atom is -0.344 e. The van der Waals surface area contributed by atoms with E-state index in [1.165, 1.54) is 0 Å². The van der Waals surface area contributed by atoms with Crippen LogP contribution in [-0.4, -0.2) is 13.2 Å². The zero-order chi connectivity index (χ0) is 7.33. The largest absolute Gasteiger partial charge is 0.424 e. The zero-order valence-corrected chi connectivity index (χ0v) is 7.82. The molecule has 0 aromatic carbocycles. The fourth-order valence-corrected chi connectivity index (χ4v) is 1.62. The van der Waals surface area contributed by atoms with Crippen LogP contribution in [0.4, 0.5) is 0 Å². The lowest BCUT2D eigenvalue weighted by Crippen LogP contribution is -1.88. The van der Waals surface area contributed by atoms with Gasteiger partial charge in [0.25, 0.3) is 0 Å². The fraction of sp³-hybridized carbons (Fsp3) is 1.00. The van der Waals surface area contributed by atoms with E-state index in [0.717, 1.165) is 0 Å². The van der Waals surface area contributed by atoms with Crippen LogP contribution in [0.2, 0.25) is 0 Å². The lowest BCUT2D eigenvalue weighted by Gasteiger charge is -2.06. The highest BCUT2D eigenvalue weighted by atomic mass is 35.7. The Balaban J connectivity index is 0. The molecule has 0 aliphatic rings. The molecule has 0 aromatic rings. The van der Waals surface area contributed by atoms with E-state index in [0.29, 0.717) is 13.2 Å². The zero-order valence-electron chi connectivity index (χ0n) is 6.17. The summed E-state index contributed by atoms with van der Waals surface area (Å²) >= 11 is 5.25. The standard InChI is InChI=1S/C4H10ClO3P.H3N/c1-3-7-9(5,6)8-4-2;/h3-4H2,1-2H3;1H3. The van der Waals surface area contributed by atoms with Gasteiger partial charge in [-0.25, -0.2) is 4.57 Å². The smallest absolute Gasteiger partial charge is 0.344 e. The summed E-state index contributed by atoms with van der Waals surface area (Å²) in [5, 5.41) is 0. The highest BCUT2D eigenvalue weighted by molar-refractivity contribution is 7.81. The van der Waals surface area contributed by atoms with Crippen LogP contribution in [0.15, 0.2) is 0 Å². The summed E-state index contributed by atoms with van der Waals surface area (Å²) in [5.74, 6) is 0. The van der Waals surface area contributed by atoms with Crippen molar-refractivity contribution in [3.8, 4) is 0 Å². The van der Waals surface area contributed by atoms with Gasteiger partial charge < -0.3 is 6.15 Å². The van der Waals surface area contributed by atoms with Crippen molar-refractivity contribution in [2.24, 2.45) is 0 Å². The van der Waals surface area contributed by atoms with Crippen molar-refractivity contribution in [2.45, 2.75) is 13.8 Å². The van der Waals surface area contributed by atoms with Gasteiger partial charge in [0.15, 0.2) is 0 Å². The minimum atomic E-state index is -3.22. The lowest BCUT2D eigenvalue weighted by atomic mass is 10.9. The maximum Gasteiger partial charge on any atom is 0.424 e. The van der Waals surface area contributed by atoms with Gasteiger partial charge in [0.05, 0.1) is 13.2 Å². The maximum absolute atomic E-state index is 10.7. The van der Waals surface area contributed by atoms with E-state index in [-0.39, 0.29) is 6.15 Å². The second-order valence-corrected chi connectivity index (χ2v) is 3.89. The lowest BCUT2D eigenvalue weighted by molar-refractivity contribution is 0.235. The Bertz CT molecular complexity index is 111. The molecule has 0 rings (SSSR count). The van der Waals surface area contributed by atoms with E-state index in [4.69, 9.17) is 11.2 Å².